The third-order valence-corrected chi connectivity index (χ3v) is 3.59. The van der Waals surface area contributed by atoms with Gasteiger partial charge < -0.3 is 5.73 Å². The Labute approximate surface area is 103 Å². The van der Waals surface area contributed by atoms with Crippen LogP contribution in [0, 0.1) is 6.92 Å². The average molecular weight is 252 g/mol. The molecule has 2 nitrogen and oxygen atoms in total. The molecule has 0 fully saturated rings. The van der Waals surface area contributed by atoms with Crippen molar-refractivity contribution in [2.24, 2.45) is 5.73 Å². The lowest BCUT2D eigenvalue weighted by Gasteiger charge is -2.04. The van der Waals surface area contributed by atoms with Crippen LogP contribution in [0.3, 0.4) is 0 Å². The minimum Gasteiger partial charge on any atom is -0.366 e. The number of hydrogen-bond acceptors (Lipinski definition) is 2. The molecule has 0 radical (unpaired) electrons. The molecule has 0 unspecified atom stereocenters. The highest BCUT2D eigenvalue weighted by Gasteiger charge is 2.10. The van der Waals surface area contributed by atoms with Crippen LogP contribution in [0.2, 0.25) is 5.02 Å². The van der Waals surface area contributed by atoms with Crippen LogP contribution in [0.5, 0.6) is 0 Å². The molecule has 1 heterocycles. The molecular weight excluding hydrogens is 242 g/mol. The van der Waals surface area contributed by atoms with Crippen LogP contribution in [0.15, 0.2) is 29.0 Å². The van der Waals surface area contributed by atoms with Gasteiger partial charge in [-0.3, -0.25) is 4.79 Å². The first kappa shape index (κ1) is 11.2. The Morgan fingerprint density at radius 2 is 2.12 bits per heavy atom. The first-order valence-electron chi connectivity index (χ1n) is 4.72. The molecule has 16 heavy (non-hydrogen) atoms. The number of carbonyl (C=O) groups excluding carboxylic acids is 1. The van der Waals surface area contributed by atoms with E-state index >= 15 is 0 Å². The predicted octanol–water partition coefficient (Wildman–Crippen LogP) is 3.48. The second-order valence-electron chi connectivity index (χ2n) is 3.53. The van der Waals surface area contributed by atoms with E-state index in [0.29, 0.717) is 10.6 Å². The Balaban J connectivity index is 2.56. The molecule has 82 valence electrons. The molecule has 2 aromatic rings. The van der Waals surface area contributed by atoms with Gasteiger partial charge in [0.25, 0.3) is 0 Å². The second-order valence-corrected chi connectivity index (χ2v) is 4.68. The number of halogens is 1. The molecule has 2 rings (SSSR count). The molecular formula is C12H10ClNOS. The number of thiophene rings is 1. The van der Waals surface area contributed by atoms with Crippen molar-refractivity contribution in [2.75, 3.05) is 0 Å². The Morgan fingerprint density at radius 1 is 1.38 bits per heavy atom. The van der Waals surface area contributed by atoms with Crippen molar-refractivity contribution in [1.29, 1.82) is 0 Å². The maximum absolute atomic E-state index is 11.2. The number of primary amides is 1. The summed E-state index contributed by atoms with van der Waals surface area (Å²) in [6.45, 7) is 2.03. The predicted molar refractivity (Wildman–Crippen MR) is 68.0 cm³/mol. The van der Waals surface area contributed by atoms with Crippen LogP contribution in [0.1, 0.15) is 15.9 Å². The summed E-state index contributed by atoms with van der Waals surface area (Å²) >= 11 is 7.52. The van der Waals surface area contributed by atoms with Crippen LogP contribution in [0.4, 0.5) is 0 Å². The van der Waals surface area contributed by atoms with Gasteiger partial charge in [-0.25, -0.2) is 0 Å². The summed E-state index contributed by atoms with van der Waals surface area (Å²) in [4.78, 5) is 11.2. The molecule has 0 atom stereocenters. The number of carbonyl (C=O) groups is 1. The van der Waals surface area contributed by atoms with E-state index in [1.807, 2.05) is 18.4 Å². The van der Waals surface area contributed by atoms with Gasteiger partial charge in [-0.05, 0) is 46.5 Å². The lowest BCUT2D eigenvalue weighted by atomic mass is 10.0. The molecule has 0 bridgehead atoms. The van der Waals surface area contributed by atoms with Crippen molar-refractivity contribution in [2.45, 2.75) is 6.92 Å². The SMILES string of the molecule is Cc1cscc1-c1ccc(Cl)c(C(N)=O)c1. The van der Waals surface area contributed by atoms with Crippen LogP contribution in [0.25, 0.3) is 11.1 Å². The summed E-state index contributed by atoms with van der Waals surface area (Å²) in [5, 5.41) is 4.50. The van der Waals surface area contributed by atoms with Crippen LogP contribution >= 0.6 is 22.9 Å². The average Bonchev–Trinajstić information content (AvgIpc) is 2.65. The molecule has 0 saturated carbocycles. The first-order chi connectivity index (χ1) is 7.59. The summed E-state index contributed by atoms with van der Waals surface area (Å²) in [5.74, 6) is -0.500. The maximum Gasteiger partial charge on any atom is 0.250 e. The normalized spacial score (nSPS) is 10.4. The third-order valence-electron chi connectivity index (χ3n) is 2.40. The van der Waals surface area contributed by atoms with Crippen molar-refractivity contribution in [3.63, 3.8) is 0 Å². The second kappa shape index (κ2) is 4.28. The zero-order valence-electron chi connectivity index (χ0n) is 8.66. The minimum absolute atomic E-state index is 0.366. The molecule has 1 aromatic heterocycles. The zero-order valence-corrected chi connectivity index (χ0v) is 10.2. The third kappa shape index (κ3) is 1.96. The van der Waals surface area contributed by atoms with E-state index in [9.17, 15) is 4.79 Å². The van der Waals surface area contributed by atoms with Crippen molar-refractivity contribution in [1.82, 2.24) is 0 Å². The topological polar surface area (TPSA) is 43.1 Å². The number of benzene rings is 1. The number of rotatable bonds is 2. The number of hydrogen-bond donors (Lipinski definition) is 1. The van der Waals surface area contributed by atoms with Crippen LogP contribution in [-0.4, -0.2) is 5.91 Å². The molecule has 0 aliphatic heterocycles. The summed E-state index contributed by atoms with van der Waals surface area (Å²) < 4.78 is 0. The van der Waals surface area contributed by atoms with Gasteiger partial charge in [0, 0.05) is 0 Å². The standard InChI is InChI=1S/C12H10ClNOS/c1-7-5-16-6-10(7)8-2-3-11(13)9(4-8)12(14)15/h2-6H,1H3,(H2,14,15). The van der Waals surface area contributed by atoms with E-state index in [0.717, 1.165) is 11.1 Å². The molecule has 0 aliphatic carbocycles. The van der Waals surface area contributed by atoms with E-state index in [1.54, 1.807) is 23.5 Å². The number of amides is 1. The van der Waals surface area contributed by atoms with Gasteiger partial charge in [0.15, 0.2) is 0 Å². The lowest BCUT2D eigenvalue weighted by Crippen LogP contribution is -2.11. The summed E-state index contributed by atoms with van der Waals surface area (Å²) in [5.41, 5.74) is 8.89. The van der Waals surface area contributed by atoms with Gasteiger partial charge in [0.1, 0.15) is 0 Å². The molecule has 0 spiro atoms. The number of nitrogens with two attached hydrogens (primary N) is 1. The molecule has 2 N–H and O–H groups in total. The summed E-state index contributed by atoms with van der Waals surface area (Å²) in [6, 6.07) is 5.33. The molecule has 4 heteroatoms. The fraction of sp³-hybridized carbons (Fsp3) is 0.0833. The fourth-order valence-electron chi connectivity index (χ4n) is 1.54. The van der Waals surface area contributed by atoms with Crippen LogP contribution < -0.4 is 5.73 Å². The van der Waals surface area contributed by atoms with Gasteiger partial charge in [0.2, 0.25) is 5.91 Å². The lowest BCUT2D eigenvalue weighted by molar-refractivity contribution is 0.100. The van der Waals surface area contributed by atoms with Gasteiger partial charge in [0.05, 0.1) is 10.6 Å². The van der Waals surface area contributed by atoms with Gasteiger partial charge in [-0.1, -0.05) is 17.7 Å². The van der Waals surface area contributed by atoms with Gasteiger partial charge in [-0.15, -0.1) is 0 Å². The van der Waals surface area contributed by atoms with Crippen molar-refractivity contribution >= 4 is 28.8 Å². The van der Waals surface area contributed by atoms with Gasteiger partial charge >= 0.3 is 0 Å². The molecule has 1 amide bonds. The Bertz CT molecular complexity index is 548. The van der Waals surface area contributed by atoms with E-state index in [4.69, 9.17) is 17.3 Å². The Morgan fingerprint density at radius 3 is 2.69 bits per heavy atom. The maximum atomic E-state index is 11.2. The van der Waals surface area contributed by atoms with E-state index in [2.05, 4.69) is 5.38 Å². The smallest absolute Gasteiger partial charge is 0.250 e. The van der Waals surface area contributed by atoms with E-state index in [-0.39, 0.29) is 0 Å². The molecule has 1 aromatic carbocycles. The highest BCUT2D eigenvalue weighted by molar-refractivity contribution is 7.08. The highest BCUT2D eigenvalue weighted by atomic mass is 35.5. The van der Waals surface area contributed by atoms with Crippen molar-refractivity contribution < 1.29 is 4.79 Å². The van der Waals surface area contributed by atoms with Crippen molar-refractivity contribution in [3.8, 4) is 11.1 Å². The Kier molecular flexibility index (Phi) is 2.99. The number of aryl methyl sites for hydroxylation is 1. The van der Waals surface area contributed by atoms with E-state index < -0.39 is 5.91 Å². The van der Waals surface area contributed by atoms with Gasteiger partial charge in [-0.2, -0.15) is 11.3 Å². The minimum atomic E-state index is -0.500. The monoisotopic (exact) mass is 251 g/mol. The zero-order chi connectivity index (χ0) is 11.7. The fourth-order valence-corrected chi connectivity index (χ4v) is 2.61. The van der Waals surface area contributed by atoms with E-state index in [1.165, 1.54) is 5.56 Å². The Hall–Kier alpha value is -1.32. The first-order valence-corrected chi connectivity index (χ1v) is 6.04. The summed E-state index contributed by atoms with van der Waals surface area (Å²) in [6.07, 6.45) is 0. The molecule has 0 saturated heterocycles. The molecule has 0 aliphatic rings. The van der Waals surface area contributed by atoms with Crippen molar-refractivity contribution in [3.05, 3.63) is 45.1 Å². The van der Waals surface area contributed by atoms with Crippen LogP contribution in [-0.2, 0) is 0 Å². The highest BCUT2D eigenvalue weighted by Crippen LogP contribution is 2.29. The quantitative estimate of drug-likeness (QED) is 0.873. The summed E-state index contributed by atoms with van der Waals surface area (Å²) in [7, 11) is 0. The largest absolute Gasteiger partial charge is 0.366 e.